The van der Waals surface area contributed by atoms with Crippen molar-refractivity contribution in [3.63, 3.8) is 0 Å². The summed E-state index contributed by atoms with van der Waals surface area (Å²) in [5, 5.41) is 10.6. The van der Waals surface area contributed by atoms with Crippen molar-refractivity contribution in [1.82, 2.24) is 4.90 Å². The Morgan fingerprint density at radius 2 is 1.89 bits per heavy atom. The fraction of sp³-hybridized carbons (Fsp3) is 0.846. The van der Waals surface area contributed by atoms with Crippen molar-refractivity contribution in [2.45, 2.75) is 83.7 Å². The molecule has 0 unspecified atom stereocenters. The molecule has 4 fully saturated rings. The molecule has 156 valence electrons. The summed E-state index contributed by atoms with van der Waals surface area (Å²) in [5.74, 6) is 4.19. The average Bonchev–Trinajstić information content (AvgIpc) is 3.27. The number of aliphatic hydroxyl groups is 1. The van der Waals surface area contributed by atoms with Crippen LogP contribution in [0.25, 0.3) is 0 Å². The number of nitrogens with zero attached hydrogens (tertiary/aromatic N) is 1. The normalized spacial score (nSPS) is 48.5. The van der Waals surface area contributed by atoms with Gasteiger partial charge in [-0.1, -0.05) is 30.7 Å². The first-order valence-electron chi connectivity index (χ1n) is 12.2. The van der Waals surface area contributed by atoms with Crippen molar-refractivity contribution >= 4 is 0 Å². The minimum atomic E-state index is -0.454. The van der Waals surface area contributed by atoms with Crippen molar-refractivity contribution in [2.24, 2.45) is 35.0 Å². The minimum absolute atomic E-state index is 0.454. The van der Waals surface area contributed by atoms with Crippen molar-refractivity contribution < 1.29 is 5.11 Å². The van der Waals surface area contributed by atoms with Crippen molar-refractivity contribution in [3.05, 3.63) is 23.8 Å². The van der Waals surface area contributed by atoms with Gasteiger partial charge in [-0.15, -0.1) is 0 Å². The number of hydrogen-bond acceptors (Lipinski definition) is 2. The smallest absolute Gasteiger partial charge is 0.0657 e. The van der Waals surface area contributed by atoms with Crippen molar-refractivity contribution in [3.8, 4) is 0 Å². The molecule has 5 rings (SSSR count). The van der Waals surface area contributed by atoms with Gasteiger partial charge in [0, 0.05) is 6.54 Å². The second kappa shape index (κ2) is 6.98. The Balaban J connectivity index is 1.32. The first kappa shape index (κ1) is 19.4. The van der Waals surface area contributed by atoms with Crippen LogP contribution in [0.1, 0.15) is 78.1 Å². The SMILES string of the molecule is C=C(CN1CCCC1)[C@H]1CC[C@H]2[C@@H]3CC=C4C[C@](C)(O)CC[C@@H]4[C@H]3CC[C@]12C. The molecule has 7 atom stereocenters. The second-order valence-corrected chi connectivity index (χ2v) is 11.6. The zero-order chi connectivity index (χ0) is 19.5. The number of rotatable bonds is 3. The van der Waals surface area contributed by atoms with Gasteiger partial charge < -0.3 is 5.11 Å². The Kier molecular flexibility index (Phi) is 4.83. The number of fused-ring (bicyclic) bond motifs is 5. The van der Waals surface area contributed by atoms with E-state index in [1.165, 1.54) is 64.5 Å². The van der Waals surface area contributed by atoms with E-state index >= 15 is 0 Å². The minimum Gasteiger partial charge on any atom is -0.390 e. The van der Waals surface area contributed by atoms with Gasteiger partial charge in [-0.25, -0.2) is 0 Å². The van der Waals surface area contributed by atoms with Gasteiger partial charge in [-0.2, -0.15) is 0 Å². The molecule has 0 radical (unpaired) electrons. The fourth-order valence-electron chi connectivity index (χ4n) is 8.48. The van der Waals surface area contributed by atoms with Crippen LogP contribution in [-0.2, 0) is 0 Å². The Bertz CT molecular complexity index is 657. The van der Waals surface area contributed by atoms with Crippen LogP contribution in [0.5, 0.6) is 0 Å². The van der Waals surface area contributed by atoms with Gasteiger partial charge in [-0.05, 0) is 119 Å². The number of hydrogen-bond donors (Lipinski definition) is 1. The molecular formula is C26H41NO. The van der Waals surface area contributed by atoms with Gasteiger partial charge in [0.1, 0.15) is 0 Å². The largest absolute Gasteiger partial charge is 0.390 e. The molecular weight excluding hydrogens is 342 g/mol. The molecule has 1 heterocycles. The third-order valence-electron chi connectivity index (χ3n) is 9.83. The predicted octanol–water partition coefficient (Wildman–Crippen LogP) is 5.58. The van der Waals surface area contributed by atoms with E-state index in [0.717, 1.165) is 49.0 Å². The van der Waals surface area contributed by atoms with Crippen LogP contribution in [0.3, 0.4) is 0 Å². The highest BCUT2D eigenvalue weighted by atomic mass is 16.3. The quantitative estimate of drug-likeness (QED) is 0.643. The number of likely N-dealkylation sites (tertiary alicyclic amines) is 1. The van der Waals surface area contributed by atoms with Crippen molar-refractivity contribution in [2.75, 3.05) is 19.6 Å². The third-order valence-corrected chi connectivity index (χ3v) is 9.83. The lowest BCUT2D eigenvalue weighted by molar-refractivity contribution is -0.0294. The molecule has 3 saturated carbocycles. The topological polar surface area (TPSA) is 23.5 Å². The van der Waals surface area contributed by atoms with Crippen LogP contribution in [0.2, 0.25) is 0 Å². The molecule has 1 N–H and O–H groups in total. The summed E-state index contributed by atoms with van der Waals surface area (Å²) in [5.41, 5.74) is 3.19. The molecule has 0 aromatic carbocycles. The van der Waals surface area contributed by atoms with E-state index in [1.807, 2.05) is 6.92 Å². The maximum Gasteiger partial charge on any atom is 0.0657 e. The molecule has 0 aromatic heterocycles. The number of allylic oxidation sites excluding steroid dienone is 1. The van der Waals surface area contributed by atoms with E-state index in [9.17, 15) is 5.11 Å². The molecule has 5 aliphatic rings. The van der Waals surface area contributed by atoms with Crippen molar-refractivity contribution in [1.29, 1.82) is 0 Å². The highest BCUT2D eigenvalue weighted by molar-refractivity contribution is 5.23. The van der Waals surface area contributed by atoms with E-state index in [1.54, 1.807) is 11.1 Å². The maximum atomic E-state index is 10.6. The summed E-state index contributed by atoms with van der Waals surface area (Å²) in [6, 6.07) is 0. The van der Waals surface area contributed by atoms with Crippen LogP contribution in [0, 0.1) is 35.0 Å². The van der Waals surface area contributed by atoms with Crippen LogP contribution in [0.15, 0.2) is 23.8 Å². The molecule has 28 heavy (non-hydrogen) atoms. The summed E-state index contributed by atoms with van der Waals surface area (Å²) in [6.07, 6.45) is 15.4. The van der Waals surface area contributed by atoms with Gasteiger partial charge in [0.25, 0.3) is 0 Å². The zero-order valence-corrected chi connectivity index (χ0v) is 18.3. The molecule has 1 saturated heterocycles. The monoisotopic (exact) mass is 383 g/mol. The van der Waals surface area contributed by atoms with Crippen LogP contribution in [0.4, 0.5) is 0 Å². The molecule has 2 heteroatoms. The summed E-state index contributed by atoms with van der Waals surface area (Å²) >= 11 is 0. The van der Waals surface area contributed by atoms with Gasteiger partial charge >= 0.3 is 0 Å². The lowest BCUT2D eigenvalue weighted by Gasteiger charge is -2.54. The molecule has 0 bridgehead atoms. The van der Waals surface area contributed by atoms with Crippen LogP contribution >= 0.6 is 0 Å². The summed E-state index contributed by atoms with van der Waals surface area (Å²) in [7, 11) is 0. The van der Waals surface area contributed by atoms with Gasteiger partial charge in [0.05, 0.1) is 5.60 Å². The Hall–Kier alpha value is -0.600. The summed E-state index contributed by atoms with van der Waals surface area (Å²) in [4.78, 5) is 2.65. The van der Waals surface area contributed by atoms with E-state index < -0.39 is 5.60 Å². The van der Waals surface area contributed by atoms with E-state index in [2.05, 4.69) is 24.5 Å². The van der Waals surface area contributed by atoms with Gasteiger partial charge in [0.15, 0.2) is 0 Å². The Morgan fingerprint density at radius 3 is 2.68 bits per heavy atom. The van der Waals surface area contributed by atoms with E-state index in [-0.39, 0.29) is 0 Å². The molecule has 0 spiro atoms. The highest BCUT2D eigenvalue weighted by Gasteiger charge is 2.56. The lowest BCUT2D eigenvalue weighted by Crippen LogP contribution is -2.47. The average molecular weight is 384 g/mol. The standard InChI is InChI=1S/C26H41NO/c1-18(17-27-14-4-5-15-27)23-8-9-24-22-7-6-19-16-25(2,28)12-10-20(19)21(22)11-13-26(23,24)3/h6,20-24,28H,1,4-5,7-17H2,2-3H3/t20-,21+,22+,23+,24-,25+,26+/m0/s1. The third kappa shape index (κ3) is 3.14. The molecule has 0 aromatic rings. The van der Waals surface area contributed by atoms with Gasteiger partial charge in [-0.3, -0.25) is 4.90 Å². The van der Waals surface area contributed by atoms with E-state index in [4.69, 9.17) is 0 Å². The first-order valence-corrected chi connectivity index (χ1v) is 12.2. The maximum absolute atomic E-state index is 10.6. The summed E-state index contributed by atoms with van der Waals surface area (Å²) in [6.45, 7) is 13.0. The molecule has 2 nitrogen and oxygen atoms in total. The van der Waals surface area contributed by atoms with E-state index in [0.29, 0.717) is 5.41 Å². The second-order valence-electron chi connectivity index (χ2n) is 11.6. The predicted molar refractivity (Wildman–Crippen MR) is 116 cm³/mol. The van der Waals surface area contributed by atoms with Gasteiger partial charge in [0.2, 0.25) is 0 Å². The highest BCUT2D eigenvalue weighted by Crippen LogP contribution is 2.64. The molecule has 1 aliphatic heterocycles. The Morgan fingerprint density at radius 1 is 1.11 bits per heavy atom. The Labute approximate surface area is 172 Å². The molecule has 0 amide bonds. The van der Waals surface area contributed by atoms with Crippen LogP contribution in [-0.4, -0.2) is 35.2 Å². The first-order chi connectivity index (χ1) is 13.4. The van der Waals surface area contributed by atoms with Crippen LogP contribution < -0.4 is 0 Å². The lowest BCUT2D eigenvalue weighted by atomic mass is 9.51. The summed E-state index contributed by atoms with van der Waals surface area (Å²) < 4.78 is 0. The zero-order valence-electron chi connectivity index (χ0n) is 18.3. The fourth-order valence-corrected chi connectivity index (χ4v) is 8.48. The molecule has 4 aliphatic carbocycles.